The lowest BCUT2D eigenvalue weighted by molar-refractivity contribution is -0.140. The Labute approximate surface area is 175 Å². The second-order valence-corrected chi connectivity index (χ2v) is 10.2. The number of benzene rings is 1. The van der Waals surface area contributed by atoms with Gasteiger partial charge in [-0.15, -0.1) is 0 Å². The number of amides is 1. The fraction of sp³-hybridized carbons (Fsp3) is 0.650. The van der Waals surface area contributed by atoms with Crippen LogP contribution < -0.4 is 0 Å². The topological polar surface area (TPSA) is 60.9 Å². The molecular formula is C20H28F3N3O3S. The highest BCUT2D eigenvalue weighted by molar-refractivity contribution is 7.89. The van der Waals surface area contributed by atoms with Gasteiger partial charge in [-0.05, 0) is 30.9 Å². The molecule has 2 aliphatic rings. The van der Waals surface area contributed by atoms with Gasteiger partial charge in [0.2, 0.25) is 15.9 Å². The van der Waals surface area contributed by atoms with Crippen molar-refractivity contribution in [2.24, 2.45) is 5.92 Å². The number of alkyl halides is 3. The van der Waals surface area contributed by atoms with Crippen molar-refractivity contribution in [2.45, 2.75) is 43.8 Å². The van der Waals surface area contributed by atoms with E-state index < -0.39 is 26.7 Å². The Balaban J connectivity index is 1.66. The summed E-state index contributed by atoms with van der Waals surface area (Å²) in [6, 6.07) is 3.98. The monoisotopic (exact) mass is 447 g/mol. The average Bonchev–Trinajstić information content (AvgIpc) is 3.06. The number of likely N-dealkylation sites (tertiary alicyclic amines) is 1. The summed E-state index contributed by atoms with van der Waals surface area (Å²) in [5, 5.41) is 0. The molecule has 2 fully saturated rings. The first-order chi connectivity index (χ1) is 14.0. The summed E-state index contributed by atoms with van der Waals surface area (Å²) in [5.41, 5.74) is -1.15. The second kappa shape index (κ2) is 8.84. The van der Waals surface area contributed by atoms with Gasteiger partial charge in [0, 0.05) is 39.3 Å². The Hall–Kier alpha value is -1.65. The van der Waals surface area contributed by atoms with Crippen LogP contribution in [0.15, 0.2) is 29.2 Å². The fourth-order valence-corrected chi connectivity index (χ4v) is 5.65. The third-order valence-electron chi connectivity index (χ3n) is 5.77. The fourth-order valence-electron chi connectivity index (χ4n) is 4.02. The van der Waals surface area contributed by atoms with Gasteiger partial charge < -0.3 is 4.90 Å². The molecule has 6 nitrogen and oxygen atoms in total. The van der Waals surface area contributed by atoms with Crippen LogP contribution in [0.2, 0.25) is 0 Å². The Bertz CT molecular complexity index is 866. The third-order valence-corrected chi connectivity index (χ3v) is 7.73. The van der Waals surface area contributed by atoms with Gasteiger partial charge in [-0.1, -0.05) is 26.0 Å². The molecule has 0 N–H and O–H groups in total. The molecule has 0 saturated carbocycles. The minimum absolute atomic E-state index is 0.0598. The largest absolute Gasteiger partial charge is 0.417 e. The predicted molar refractivity (Wildman–Crippen MR) is 106 cm³/mol. The predicted octanol–water partition coefficient (Wildman–Crippen LogP) is 2.66. The van der Waals surface area contributed by atoms with Crippen molar-refractivity contribution in [1.82, 2.24) is 14.1 Å². The third kappa shape index (κ3) is 4.81. The van der Waals surface area contributed by atoms with Crippen LogP contribution in [0.25, 0.3) is 0 Å². The summed E-state index contributed by atoms with van der Waals surface area (Å²) in [7, 11) is -4.27. The molecule has 3 rings (SSSR count). The van der Waals surface area contributed by atoms with Gasteiger partial charge in [-0.25, -0.2) is 8.42 Å². The molecule has 2 saturated heterocycles. The molecule has 1 aromatic rings. The van der Waals surface area contributed by atoms with Gasteiger partial charge in [0.1, 0.15) is 0 Å². The van der Waals surface area contributed by atoms with Crippen molar-refractivity contribution in [3.05, 3.63) is 29.8 Å². The lowest BCUT2D eigenvalue weighted by Crippen LogP contribution is -2.53. The molecule has 1 unspecified atom stereocenters. The zero-order valence-electron chi connectivity index (χ0n) is 17.2. The Kier molecular flexibility index (Phi) is 6.78. The molecule has 30 heavy (non-hydrogen) atoms. The zero-order chi connectivity index (χ0) is 22.1. The molecule has 2 aliphatic heterocycles. The summed E-state index contributed by atoms with van der Waals surface area (Å²) in [6.45, 7) is 6.38. The summed E-state index contributed by atoms with van der Waals surface area (Å²) in [4.78, 5) is 15.8. The van der Waals surface area contributed by atoms with Gasteiger partial charge in [-0.3, -0.25) is 9.69 Å². The molecular weight excluding hydrogens is 419 g/mol. The summed E-state index contributed by atoms with van der Waals surface area (Å²) in [6.07, 6.45) is -3.12. The van der Waals surface area contributed by atoms with E-state index in [0.717, 1.165) is 29.4 Å². The number of carbonyl (C=O) groups is 1. The van der Waals surface area contributed by atoms with Gasteiger partial charge >= 0.3 is 6.18 Å². The lowest BCUT2D eigenvalue weighted by Gasteiger charge is -2.36. The van der Waals surface area contributed by atoms with Crippen LogP contribution in [0, 0.1) is 5.92 Å². The van der Waals surface area contributed by atoms with Crippen molar-refractivity contribution in [2.75, 3.05) is 39.3 Å². The van der Waals surface area contributed by atoms with Crippen molar-refractivity contribution >= 4 is 15.9 Å². The molecule has 0 bridgehead atoms. The number of nitrogens with zero attached hydrogens (tertiary/aromatic N) is 3. The normalized spacial score (nSPS) is 22.3. The van der Waals surface area contributed by atoms with E-state index in [1.54, 1.807) is 0 Å². The first-order valence-electron chi connectivity index (χ1n) is 10.2. The van der Waals surface area contributed by atoms with Crippen molar-refractivity contribution < 1.29 is 26.4 Å². The smallest absolute Gasteiger partial charge is 0.341 e. The van der Waals surface area contributed by atoms with Crippen LogP contribution in [-0.4, -0.2) is 73.7 Å². The highest BCUT2D eigenvalue weighted by atomic mass is 32.2. The Morgan fingerprint density at radius 1 is 1.07 bits per heavy atom. The van der Waals surface area contributed by atoms with Gasteiger partial charge in [0.05, 0.1) is 16.5 Å². The quantitative estimate of drug-likeness (QED) is 0.673. The standard InChI is InChI=1S/C20H28F3N3O3S/c1-15(2)7-9-25-10-8-17(19(25)27)24-11-13-26(14-12-24)30(28,29)18-6-4-3-5-16(18)20(21,22)23/h3-6,15,17H,7-14H2,1-2H3. The molecule has 1 amide bonds. The SMILES string of the molecule is CC(C)CCN1CCC(N2CCN(S(=O)(=O)c3ccccc3C(F)(F)F)CC2)C1=O. The van der Waals surface area contributed by atoms with E-state index in [4.69, 9.17) is 0 Å². The maximum atomic E-state index is 13.3. The zero-order valence-corrected chi connectivity index (χ0v) is 18.0. The van der Waals surface area contributed by atoms with Crippen molar-refractivity contribution in [3.63, 3.8) is 0 Å². The molecule has 0 spiro atoms. The highest BCUT2D eigenvalue weighted by Gasteiger charge is 2.41. The van der Waals surface area contributed by atoms with E-state index in [1.807, 2.05) is 9.80 Å². The van der Waals surface area contributed by atoms with Crippen LogP contribution in [0.1, 0.15) is 32.3 Å². The van der Waals surface area contributed by atoms with Crippen LogP contribution in [-0.2, 0) is 21.0 Å². The highest BCUT2D eigenvalue weighted by Crippen LogP contribution is 2.35. The summed E-state index contributed by atoms with van der Waals surface area (Å²) >= 11 is 0. The number of carbonyl (C=O) groups excluding carboxylic acids is 1. The van der Waals surface area contributed by atoms with Crippen molar-refractivity contribution in [1.29, 1.82) is 0 Å². The maximum absolute atomic E-state index is 13.3. The molecule has 0 radical (unpaired) electrons. The second-order valence-electron chi connectivity index (χ2n) is 8.25. The maximum Gasteiger partial charge on any atom is 0.417 e. The number of rotatable bonds is 6. The van der Waals surface area contributed by atoms with E-state index in [9.17, 15) is 26.4 Å². The van der Waals surface area contributed by atoms with Crippen molar-refractivity contribution in [3.8, 4) is 0 Å². The molecule has 168 valence electrons. The number of hydrogen-bond acceptors (Lipinski definition) is 4. The Morgan fingerprint density at radius 3 is 2.30 bits per heavy atom. The molecule has 1 aromatic carbocycles. The van der Waals surface area contributed by atoms with Gasteiger partial charge in [-0.2, -0.15) is 17.5 Å². The van der Waals surface area contributed by atoms with E-state index in [1.165, 1.54) is 12.1 Å². The van der Waals surface area contributed by atoms with E-state index in [0.29, 0.717) is 32.0 Å². The van der Waals surface area contributed by atoms with Gasteiger partial charge in [0.15, 0.2) is 0 Å². The number of halogens is 3. The van der Waals surface area contributed by atoms with Crippen LogP contribution >= 0.6 is 0 Å². The average molecular weight is 448 g/mol. The van der Waals surface area contributed by atoms with Gasteiger partial charge in [0.25, 0.3) is 0 Å². The lowest BCUT2D eigenvalue weighted by atomic mass is 10.1. The minimum Gasteiger partial charge on any atom is -0.341 e. The molecule has 1 atom stereocenters. The first-order valence-corrected chi connectivity index (χ1v) is 11.6. The van der Waals surface area contributed by atoms with Crippen LogP contribution in [0.4, 0.5) is 13.2 Å². The first kappa shape index (κ1) is 23.0. The summed E-state index contributed by atoms with van der Waals surface area (Å²) < 4.78 is 66.7. The summed E-state index contributed by atoms with van der Waals surface area (Å²) in [5.74, 6) is 0.569. The number of sulfonamides is 1. The van der Waals surface area contributed by atoms with Crippen LogP contribution in [0.5, 0.6) is 0 Å². The molecule has 0 aromatic heterocycles. The Morgan fingerprint density at radius 2 is 1.70 bits per heavy atom. The molecule has 2 heterocycles. The van der Waals surface area contributed by atoms with Crippen LogP contribution in [0.3, 0.4) is 0 Å². The van der Waals surface area contributed by atoms with E-state index >= 15 is 0 Å². The number of hydrogen-bond donors (Lipinski definition) is 0. The molecule has 10 heteroatoms. The number of piperazine rings is 1. The minimum atomic E-state index is -4.75. The molecule has 0 aliphatic carbocycles. The van der Waals surface area contributed by atoms with E-state index in [2.05, 4.69) is 13.8 Å². The van der Waals surface area contributed by atoms with E-state index in [-0.39, 0.29) is 25.0 Å².